The molecule has 0 aliphatic heterocycles. The van der Waals surface area contributed by atoms with E-state index in [0.29, 0.717) is 5.92 Å². The number of aliphatic hydroxyl groups excluding tert-OH is 1. The Bertz CT molecular complexity index is 247. The highest BCUT2D eigenvalue weighted by molar-refractivity contribution is 5.80. The van der Waals surface area contributed by atoms with Gasteiger partial charge in [0, 0.05) is 0 Å². The Balaban J connectivity index is 1.99. The van der Waals surface area contributed by atoms with E-state index in [-0.39, 0.29) is 24.6 Å². The van der Waals surface area contributed by atoms with Gasteiger partial charge in [0.2, 0.25) is 0 Å². The summed E-state index contributed by atoms with van der Waals surface area (Å²) in [5, 5.41) is 8.53. The predicted octanol–water partition coefficient (Wildman–Crippen LogP) is 0.878. The molecule has 1 N–H and O–H groups in total. The molecule has 3 nitrogen and oxygen atoms in total. The fourth-order valence-electron chi connectivity index (χ4n) is 2.29. The Kier molecular flexibility index (Phi) is 2.12. The molecule has 0 aromatic rings. The van der Waals surface area contributed by atoms with Gasteiger partial charge in [-0.3, -0.25) is 4.79 Å². The quantitative estimate of drug-likeness (QED) is 0.520. The number of hydrogen-bond donors (Lipinski definition) is 1. The van der Waals surface area contributed by atoms with Gasteiger partial charge in [-0.25, -0.2) is 0 Å². The van der Waals surface area contributed by atoms with Crippen LogP contribution in [0.5, 0.6) is 0 Å². The first kappa shape index (κ1) is 8.75. The van der Waals surface area contributed by atoms with Gasteiger partial charge < -0.3 is 9.84 Å². The van der Waals surface area contributed by atoms with Crippen LogP contribution < -0.4 is 0 Å². The zero-order valence-corrected chi connectivity index (χ0v) is 7.53. The Morgan fingerprint density at radius 2 is 2.54 bits per heavy atom. The van der Waals surface area contributed by atoms with Crippen molar-refractivity contribution in [1.29, 1.82) is 0 Å². The molecule has 0 saturated heterocycles. The minimum atomic E-state index is -0.333. The number of aliphatic hydroxyl groups is 1. The molecule has 0 spiro atoms. The summed E-state index contributed by atoms with van der Waals surface area (Å²) in [5.74, 6) is 0.430. The summed E-state index contributed by atoms with van der Waals surface area (Å²) < 4.78 is 4.96. The van der Waals surface area contributed by atoms with Crippen molar-refractivity contribution in [3.63, 3.8) is 0 Å². The van der Waals surface area contributed by atoms with Crippen LogP contribution >= 0.6 is 0 Å². The highest BCUT2D eigenvalue weighted by Gasteiger charge is 2.47. The molecule has 13 heavy (non-hydrogen) atoms. The van der Waals surface area contributed by atoms with Crippen LogP contribution in [0.15, 0.2) is 12.2 Å². The minimum Gasteiger partial charge on any atom is -0.463 e. The van der Waals surface area contributed by atoms with Gasteiger partial charge in [-0.15, -0.1) is 0 Å². The van der Waals surface area contributed by atoms with Gasteiger partial charge in [0.25, 0.3) is 0 Å². The number of fused-ring (bicyclic) bond motifs is 2. The fraction of sp³-hybridized carbons (Fsp3) is 0.700. The smallest absolute Gasteiger partial charge is 0.316 e. The second-order valence-corrected chi connectivity index (χ2v) is 3.88. The van der Waals surface area contributed by atoms with Gasteiger partial charge in [-0.1, -0.05) is 12.2 Å². The van der Waals surface area contributed by atoms with Crippen molar-refractivity contribution in [3.8, 4) is 0 Å². The molecule has 2 bridgehead atoms. The number of carbonyl (C=O) groups is 1. The zero-order valence-electron chi connectivity index (χ0n) is 7.53. The zero-order chi connectivity index (χ0) is 9.31. The van der Waals surface area contributed by atoms with E-state index in [9.17, 15) is 4.79 Å². The van der Waals surface area contributed by atoms with E-state index in [2.05, 4.69) is 6.08 Å². The molecule has 2 unspecified atom stereocenters. The lowest BCUT2D eigenvalue weighted by atomic mass is 9.88. The molecular weight excluding hydrogens is 168 g/mol. The minimum absolute atomic E-state index is 0.0883. The lowest BCUT2D eigenvalue weighted by molar-refractivity contribution is -0.153. The van der Waals surface area contributed by atoms with Gasteiger partial charge in [-0.05, 0) is 25.2 Å². The SMILES string of the molecule is O=C(OCCO)C12C=CC(CC1)C2. The van der Waals surface area contributed by atoms with E-state index in [0.717, 1.165) is 19.3 Å². The largest absolute Gasteiger partial charge is 0.463 e. The summed E-state index contributed by atoms with van der Waals surface area (Å²) in [4.78, 5) is 11.6. The number of ether oxygens (including phenoxy) is 1. The van der Waals surface area contributed by atoms with Gasteiger partial charge in [0.05, 0.1) is 12.0 Å². The first-order valence-electron chi connectivity index (χ1n) is 4.74. The van der Waals surface area contributed by atoms with E-state index in [1.54, 1.807) is 0 Å². The highest BCUT2D eigenvalue weighted by Crippen LogP contribution is 2.49. The average Bonchev–Trinajstić information content (AvgIpc) is 2.74. The molecule has 0 aromatic heterocycles. The summed E-state index contributed by atoms with van der Waals surface area (Å²) in [6, 6.07) is 0. The van der Waals surface area contributed by atoms with E-state index in [4.69, 9.17) is 9.84 Å². The van der Waals surface area contributed by atoms with Crippen molar-refractivity contribution in [3.05, 3.63) is 12.2 Å². The van der Waals surface area contributed by atoms with Crippen molar-refractivity contribution in [2.75, 3.05) is 13.2 Å². The van der Waals surface area contributed by atoms with Crippen LogP contribution in [-0.2, 0) is 9.53 Å². The second kappa shape index (κ2) is 3.14. The van der Waals surface area contributed by atoms with Crippen molar-refractivity contribution in [2.24, 2.45) is 11.3 Å². The Morgan fingerprint density at radius 3 is 3.00 bits per heavy atom. The Morgan fingerprint density at radius 1 is 1.69 bits per heavy atom. The van der Waals surface area contributed by atoms with Crippen LogP contribution in [0.2, 0.25) is 0 Å². The molecule has 2 atom stereocenters. The Labute approximate surface area is 77.4 Å². The van der Waals surface area contributed by atoms with Crippen LogP contribution in [0.4, 0.5) is 0 Å². The van der Waals surface area contributed by atoms with E-state index >= 15 is 0 Å². The molecule has 3 heteroatoms. The summed E-state index contributed by atoms with van der Waals surface area (Å²) in [6.07, 6.45) is 7.03. The predicted molar refractivity (Wildman–Crippen MR) is 47.0 cm³/mol. The molecule has 2 aliphatic rings. The molecule has 1 fully saturated rings. The van der Waals surface area contributed by atoms with E-state index in [1.165, 1.54) is 0 Å². The third kappa shape index (κ3) is 1.37. The van der Waals surface area contributed by atoms with Crippen LogP contribution in [-0.4, -0.2) is 24.3 Å². The summed E-state index contributed by atoms with van der Waals surface area (Å²) in [6.45, 7) is 0.0358. The topological polar surface area (TPSA) is 46.5 Å². The molecule has 2 rings (SSSR count). The normalized spacial score (nSPS) is 35.3. The van der Waals surface area contributed by atoms with Crippen LogP contribution in [0, 0.1) is 11.3 Å². The molecule has 0 amide bonds. The monoisotopic (exact) mass is 182 g/mol. The van der Waals surface area contributed by atoms with Crippen LogP contribution in [0.3, 0.4) is 0 Å². The molecule has 2 aliphatic carbocycles. The Hall–Kier alpha value is -0.830. The van der Waals surface area contributed by atoms with Gasteiger partial charge in [-0.2, -0.15) is 0 Å². The maximum Gasteiger partial charge on any atom is 0.316 e. The molecule has 0 heterocycles. The lowest BCUT2D eigenvalue weighted by Crippen LogP contribution is -2.27. The number of allylic oxidation sites excluding steroid dienone is 1. The van der Waals surface area contributed by atoms with E-state index < -0.39 is 0 Å². The van der Waals surface area contributed by atoms with Crippen LogP contribution in [0.1, 0.15) is 19.3 Å². The van der Waals surface area contributed by atoms with Crippen molar-refractivity contribution < 1.29 is 14.6 Å². The second-order valence-electron chi connectivity index (χ2n) is 3.88. The van der Waals surface area contributed by atoms with Crippen molar-refractivity contribution >= 4 is 5.97 Å². The van der Waals surface area contributed by atoms with E-state index in [1.807, 2.05) is 6.08 Å². The molecule has 72 valence electrons. The molecule has 1 saturated carbocycles. The first-order valence-corrected chi connectivity index (χ1v) is 4.74. The third-order valence-corrected chi connectivity index (χ3v) is 3.01. The fourth-order valence-corrected chi connectivity index (χ4v) is 2.29. The highest BCUT2D eigenvalue weighted by atomic mass is 16.5. The van der Waals surface area contributed by atoms with Crippen molar-refractivity contribution in [2.45, 2.75) is 19.3 Å². The van der Waals surface area contributed by atoms with Gasteiger partial charge >= 0.3 is 5.97 Å². The third-order valence-electron chi connectivity index (χ3n) is 3.01. The average molecular weight is 182 g/mol. The molecular formula is C10H14O3. The first-order chi connectivity index (χ1) is 6.27. The maximum atomic E-state index is 11.6. The molecule has 0 radical (unpaired) electrons. The van der Waals surface area contributed by atoms with Gasteiger partial charge in [0.1, 0.15) is 6.61 Å². The summed E-state index contributed by atoms with van der Waals surface area (Å²) >= 11 is 0. The van der Waals surface area contributed by atoms with Crippen molar-refractivity contribution in [1.82, 2.24) is 0 Å². The summed E-state index contributed by atoms with van der Waals surface area (Å²) in [7, 11) is 0. The number of hydrogen-bond acceptors (Lipinski definition) is 3. The number of esters is 1. The van der Waals surface area contributed by atoms with Gasteiger partial charge in [0.15, 0.2) is 0 Å². The lowest BCUT2D eigenvalue weighted by Gasteiger charge is -2.20. The summed E-state index contributed by atoms with van der Waals surface area (Å²) in [5.41, 5.74) is -0.333. The molecule has 0 aromatic carbocycles. The maximum absolute atomic E-state index is 11.6. The van der Waals surface area contributed by atoms with Crippen LogP contribution in [0.25, 0.3) is 0 Å². The number of rotatable bonds is 3. The number of carbonyl (C=O) groups excluding carboxylic acids is 1. The standard InChI is InChI=1S/C10H14O3/c11-5-6-13-9(12)10-3-1-8(7-10)2-4-10/h1,3,8,11H,2,4-7H2.